The number of rotatable bonds is 4. The summed E-state index contributed by atoms with van der Waals surface area (Å²) in [7, 11) is 0. The molecule has 26 heavy (non-hydrogen) atoms. The fraction of sp³-hybridized carbons (Fsp3) is 0.300. The Bertz CT molecular complexity index is 787. The van der Waals surface area contributed by atoms with E-state index in [4.69, 9.17) is 11.6 Å². The molecule has 1 aliphatic rings. The maximum Gasteiger partial charge on any atom is 0.253 e. The van der Waals surface area contributed by atoms with Crippen molar-refractivity contribution in [3.8, 4) is 0 Å². The number of carbonyl (C=O) groups is 2. The van der Waals surface area contributed by atoms with E-state index in [9.17, 15) is 14.0 Å². The summed E-state index contributed by atoms with van der Waals surface area (Å²) in [4.78, 5) is 26.3. The van der Waals surface area contributed by atoms with Crippen LogP contribution in [0.25, 0.3) is 0 Å². The molecule has 0 atom stereocenters. The van der Waals surface area contributed by atoms with Gasteiger partial charge in [-0.25, -0.2) is 4.39 Å². The Morgan fingerprint density at radius 2 is 1.81 bits per heavy atom. The zero-order chi connectivity index (χ0) is 18.5. The van der Waals surface area contributed by atoms with Crippen LogP contribution in [-0.2, 0) is 11.2 Å². The summed E-state index contributed by atoms with van der Waals surface area (Å²) in [6.07, 6.45) is 1.68. The highest BCUT2D eigenvalue weighted by atomic mass is 35.5. The second-order valence-corrected chi connectivity index (χ2v) is 6.88. The number of nitrogens with zero attached hydrogens (tertiary/aromatic N) is 1. The van der Waals surface area contributed by atoms with Crippen molar-refractivity contribution in [2.45, 2.75) is 25.3 Å². The lowest BCUT2D eigenvalue weighted by Crippen LogP contribution is -2.46. The van der Waals surface area contributed by atoms with Gasteiger partial charge in [-0.2, -0.15) is 0 Å². The molecule has 2 aromatic rings. The van der Waals surface area contributed by atoms with Crippen LogP contribution in [-0.4, -0.2) is 35.8 Å². The number of benzene rings is 2. The van der Waals surface area contributed by atoms with E-state index < -0.39 is 5.82 Å². The summed E-state index contributed by atoms with van der Waals surface area (Å²) in [6, 6.07) is 13.0. The van der Waals surface area contributed by atoms with E-state index in [1.165, 1.54) is 18.2 Å². The van der Waals surface area contributed by atoms with Gasteiger partial charge < -0.3 is 10.2 Å². The SMILES string of the molecule is O=C(Cc1ccc(Cl)cc1)NC1CCN(C(=O)c2cccc(F)c2)CC1. The Morgan fingerprint density at radius 1 is 1.12 bits per heavy atom. The maximum absolute atomic E-state index is 13.3. The lowest BCUT2D eigenvalue weighted by molar-refractivity contribution is -0.121. The molecule has 0 saturated carbocycles. The van der Waals surface area contributed by atoms with E-state index in [1.54, 1.807) is 23.1 Å². The molecule has 0 spiro atoms. The minimum Gasteiger partial charge on any atom is -0.353 e. The van der Waals surface area contributed by atoms with Crippen molar-refractivity contribution in [2.24, 2.45) is 0 Å². The van der Waals surface area contributed by atoms with Gasteiger partial charge in [-0.3, -0.25) is 9.59 Å². The molecule has 6 heteroatoms. The Labute approximate surface area is 157 Å². The van der Waals surface area contributed by atoms with Crippen molar-refractivity contribution in [2.75, 3.05) is 13.1 Å². The highest BCUT2D eigenvalue weighted by molar-refractivity contribution is 6.30. The first kappa shape index (κ1) is 18.4. The van der Waals surface area contributed by atoms with E-state index in [0.29, 0.717) is 42.9 Å². The second kappa shape index (κ2) is 8.32. The zero-order valence-corrected chi connectivity index (χ0v) is 15.0. The smallest absolute Gasteiger partial charge is 0.253 e. The fourth-order valence-corrected chi connectivity index (χ4v) is 3.22. The Hall–Kier alpha value is -2.40. The molecule has 3 rings (SSSR count). The largest absolute Gasteiger partial charge is 0.353 e. The molecule has 0 aliphatic carbocycles. The van der Waals surface area contributed by atoms with Crippen LogP contribution in [0.4, 0.5) is 4.39 Å². The molecule has 2 aromatic carbocycles. The quantitative estimate of drug-likeness (QED) is 0.891. The van der Waals surface area contributed by atoms with Crippen LogP contribution in [0, 0.1) is 5.82 Å². The molecule has 4 nitrogen and oxygen atoms in total. The van der Waals surface area contributed by atoms with Crippen LogP contribution >= 0.6 is 11.6 Å². The third-order valence-electron chi connectivity index (χ3n) is 4.50. The molecular weight excluding hydrogens is 355 g/mol. The first-order chi connectivity index (χ1) is 12.5. The molecule has 0 unspecified atom stereocenters. The normalized spacial score (nSPS) is 14.9. The molecule has 1 N–H and O–H groups in total. The predicted molar refractivity (Wildman–Crippen MR) is 98.6 cm³/mol. The van der Waals surface area contributed by atoms with Gasteiger partial charge in [0, 0.05) is 29.7 Å². The van der Waals surface area contributed by atoms with E-state index in [1.807, 2.05) is 12.1 Å². The minimum absolute atomic E-state index is 0.0396. The summed E-state index contributed by atoms with van der Waals surface area (Å²) in [5.74, 6) is -0.627. The summed E-state index contributed by atoms with van der Waals surface area (Å²) >= 11 is 5.84. The topological polar surface area (TPSA) is 49.4 Å². The van der Waals surface area contributed by atoms with Crippen LogP contribution in [0.15, 0.2) is 48.5 Å². The number of amides is 2. The van der Waals surface area contributed by atoms with E-state index in [2.05, 4.69) is 5.32 Å². The average molecular weight is 375 g/mol. The highest BCUT2D eigenvalue weighted by Crippen LogP contribution is 2.15. The van der Waals surface area contributed by atoms with Gasteiger partial charge >= 0.3 is 0 Å². The number of nitrogens with one attached hydrogen (secondary N) is 1. The van der Waals surface area contributed by atoms with Crippen LogP contribution in [0.2, 0.25) is 5.02 Å². The van der Waals surface area contributed by atoms with Gasteiger partial charge in [0.05, 0.1) is 6.42 Å². The molecule has 2 amide bonds. The summed E-state index contributed by atoms with van der Waals surface area (Å²) in [5.41, 5.74) is 1.26. The highest BCUT2D eigenvalue weighted by Gasteiger charge is 2.24. The average Bonchev–Trinajstić information content (AvgIpc) is 2.64. The van der Waals surface area contributed by atoms with E-state index >= 15 is 0 Å². The third-order valence-corrected chi connectivity index (χ3v) is 4.75. The monoisotopic (exact) mass is 374 g/mol. The fourth-order valence-electron chi connectivity index (χ4n) is 3.10. The molecule has 1 saturated heterocycles. The predicted octanol–water partition coefficient (Wildman–Crippen LogP) is 3.44. The number of piperidine rings is 1. The number of carbonyl (C=O) groups excluding carboxylic acids is 2. The van der Waals surface area contributed by atoms with E-state index in [-0.39, 0.29) is 17.9 Å². The van der Waals surface area contributed by atoms with Crippen LogP contribution in [0.3, 0.4) is 0 Å². The molecular formula is C20H20ClFN2O2. The van der Waals surface area contributed by atoms with Gasteiger partial charge in [0.25, 0.3) is 5.91 Å². The molecule has 1 aliphatic heterocycles. The number of halogens is 2. The Balaban J connectivity index is 1.48. The number of likely N-dealkylation sites (tertiary alicyclic amines) is 1. The van der Waals surface area contributed by atoms with Crippen molar-refractivity contribution in [3.63, 3.8) is 0 Å². The van der Waals surface area contributed by atoms with Gasteiger partial charge in [-0.05, 0) is 48.7 Å². The molecule has 0 radical (unpaired) electrons. The van der Waals surface area contributed by atoms with Crippen molar-refractivity contribution in [1.29, 1.82) is 0 Å². The molecule has 1 heterocycles. The second-order valence-electron chi connectivity index (χ2n) is 6.45. The molecule has 0 bridgehead atoms. The summed E-state index contributed by atoms with van der Waals surface area (Å²) < 4.78 is 13.3. The first-order valence-corrected chi connectivity index (χ1v) is 8.98. The van der Waals surface area contributed by atoms with Crippen LogP contribution < -0.4 is 5.32 Å². The molecule has 0 aromatic heterocycles. The standard InChI is InChI=1S/C20H20ClFN2O2/c21-16-6-4-14(5-7-16)12-19(25)23-18-8-10-24(11-9-18)20(26)15-2-1-3-17(22)13-15/h1-7,13,18H,8-12H2,(H,23,25). The van der Waals surface area contributed by atoms with Gasteiger partial charge in [0.2, 0.25) is 5.91 Å². The zero-order valence-electron chi connectivity index (χ0n) is 14.3. The third kappa shape index (κ3) is 4.82. The minimum atomic E-state index is -0.416. The lowest BCUT2D eigenvalue weighted by Gasteiger charge is -2.32. The van der Waals surface area contributed by atoms with Gasteiger partial charge in [0.15, 0.2) is 0 Å². The van der Waals surface area contributed by atoms with Crippen molar-refractivity contribution < 1.29 is 14.0 Å². The maximum atomic E-state index is 13.3. The molecule has 136 valence electrons. The number of hydrogen-bond donors (Lipinski definition) is 1. The van der Waals surface area contributed by atoms with Crippen LogP contribution in [0.1, 0.15) is 28.8 Å². The Kier molecular flexibility index (Phi) is 5.89. The van der Waals surface area contributed by atoms with Crippen molar-refractivity contribution in [1.82, 2.24) is 10.2 Å². The number of hydrogen-bond acceptors (Lipinski definition) is 2. The van der Waals surface area contributed by atoms with E-state index in [0.717, 1.165) is 5.56 Å². The Morgan fingerprint density at radius 3 is 2.46 bits per heavy atom. The molecule has 1 fully saturated rings. The first-order valence-electron chi connectivity index (χ1n) is 8.60. The lowest BCUT2D eigenvalue weighted by atomic mass is 10.0. The van der Waals surface area contributed by atoms with Crippen molar-refractivity contribution >= 4 is 23.4 Å². The summed E-state index contributed by atoms with van der Waals surface area (Å²) in [5, 5.41) is 3.66. The van der Waals surface area contributed by atoms with Gasteiger partial charge in [-0.15, -0.1) is 0 Å². The van der Waals surface area contributed by atoms with Crippen molar-refractivity contribution in [3.05, 3.63) is 70.5 Å². The van der Waals surface area contributed by atoms with Gasteiger partial charge in [0.1, 0.15) is 5.82 Å². The van der Waals surface area contributed by atoms with Crippen LogP contribution in [0.5, 0.6) is 0 Å². The van der Waals surface area contributed by atoms with Gasteiger partial charge in [-0.1, -0.05) is 29.8 Å². The summed E-state index contributed by atoms with van der Waals surface area (Å²) in [6.45, 7) is 1.09.